The van der Waals surface area contributed by atoms with Crippen molar-refractivity contribution in [1.82, 2.24) is 0 Å². The van der Waals surface area contributed by atoms with Crippen LogP contribution in [0.3, 0.4) is 0 Å². The number of aryl methyl sites for hydroxylation is 2. The van der Waals surface area contributed by atoms with Crippen molar-refractivity contribution in [2.24, 2.45) is 5.73 Å². The van der Waals surface area contributed by atoms with Gasteiger partial charge in [-0.1, -0.05) is 34.1 Å². The van der Waals surface area contributed by atoms with Crippen LogP contribution in [0.15, 0.2) is 18.2 Å². The van der Waals surface area contributed by atoms with Gasteiger partial charge in [-0.2, -0.15) is 0 Å². The first-order valence-corrected chi connectivity index (χ1v) is 5.42. The van der Waals surface area contributed by atoms with Crippen LogP contribution in [0, 0.1) is 13.8 Å². The molecule has 1 aromatic rings. The van der Waals surface area contributed by atoms with Crippen LogP contribution < -0.4 is 5.73 Å². The van der Waals surface area contributed by atoms with Crippen molar-refractivity contribution in [3.8, 4) is 0 Å². The lowest BCUT2D eigenvalue weighted by Gasteiger charge is -2.07. The zero-order chi connectivity index (χ0) is 10.7. The van der Waals surface area contributed by atoms with E-state index in [0.717, 1.165) is 5.56 Å². The number of rotatable bonds is 3. The van der Waals surface area contributed by atoms with Gasteiger partial charge in [-0.25, -0.2) is 0 Å². The van der Waals surface area contributed by atoms with Gasteiger partial charge in [0.1, 0.15) is 0 Å². The highest BCUT2D eigenvalue weighted by Crippen LogP contribution is 2.14. The molecule has 1 amide bonds. The van der Waals surface area contributed by atoms with E-state index in [-0.39, 0.29) is 10.7 Å². The Morgan fingerprint density at radius 1 is 1.43 bits per heavy atom. The molecule has 2 nitrogen and oxygen atoms in total. The number of benzene rings is 1. The largest absolute Gasteiger partial charge is 0.369 e. The van der Waals surface area contributed by atoms with Crippen molar-refractivity contribution in [3.63, 3.8) is 0 Å². The highest BCUT2D eigenvalue weighted by Gasteiger charge is 2.11. The SMILES string of the molecule is Cc1ccc(CC(Br)C(N)=O)cc1C. The number of halogens is 1. The molecule has 0 spiro atoms. The normalized spacial score (nSPS) is 12.5. The first-order chi connectivity index (χ1) is 6.50. The fourth-order valence-corrected chi connectivity index (χ4v) is 1.61. The van der Waals surface area contributed by atoms with Crippen LogP contribution >= 0.6 is 15.9 Å². The number of carbonyl (C=O) groups is 1. The highest BCUT2D eigenvalue weighted by atomic mass is 79.9. The maximum atomic E-state index is 10.8. The van der Waals surface area contributed by atoms with Gasteiger partial charge >= 0.3 is 0 Å². The second-order valence-electron chi connectivity index (χ2n) is 3.49. The Morgan fingerprint density at radius 3 is 2.57 bits per heavy atom. The lowest BCUT2D eigenvalue weighted by Crippen LogP contribution is -2.24. The van der Waals surface area contributed by atoms with E-state index in [2.05, 4.69) is 41.9 Å². The van der Waals surface area contributed by atoms with Crippen molar-refractivity contribution < 1.29 is 4.79 Å². The zero-order valence-electron chi connectivity index (χ0n) is 8.38. The number of alkyl halides is 1. The van der Waals surface area contributed by atoms with E-state index in [1.54, 1.807) is 0 Å². The molecule has 1 unspecified atom stereocenters. The second-order valence-corrected chi connectivity index (χ2v) is 4.60. The second kappa shape index (κ2) is 4.60. The molecular weight excluding hydrogens is 242 g/mol. The smallest absolute Gasteiger partial charge is 0.231 e. The van der Waals surface area contributed by atoms with Crippen LogP contribution in [0.5, 0.6) is 0 Å². The molecule has 0 fully saturated rings. The summed E-state index contributed by atoms with van der Waals surface area (Å²) in [5.41, 5.74) is 8.80. The average Bonchev–Trinajstić information content (AvgIpc) is 2.11. The third-order valence-corrected chi connectivity index (χ3v) is 3.07. The van der Waals surface area contributed by atoms with Gasteiger partial charge in [0.25, 0.3) is 0 Å². The van der Waals surface area contributed by atoms with Crippen molar-refractivity contribution >= 4 is 21.8 Å². The average molecular weight is 256 g/mol. The zero-order valence-corrected chi connectivity index (χ0v) is 9.97. The van der Waals surface area contributed by atoms with Crippen molar-refractivity contribution in [3.05, 3.63) is 34.9 Å². The van der Waals surface area contributed by atoms with Gasteiger partial charge in [-0.05, 0) is 37.0 Å². The lowest BCUT2D eigenvalue weighted by molar-refractivity contribution is -0.117. The molecule has 0 saturated heterocycles. The summed E-state index contributed by atoms with van der Waals surface area (Å²) in [6, 6.07) is 6.18. The first kappa shape index (κ1) is 11.2. The van der Waals surface area contributed by atoms with E-state index in [4.69, 9.17) is 5.73 Å². The highest BCUT2D eigenvalue weighted by molar-refractivity contribution is 9.10. The maximum absolute atomic E-state index is 10.8. The fraction of sp³-hybridized carbons (Fsp3) is 0.364. The molecule has 0 aromatic heterocycles. The van der Waals surface area contributed by atoms with Crippen molar-refractivity contribution in [1.29, 1.82) is 0 Å². The number of primary amides is 1. The third kappa shape index (κ3) is 2.84. The van der Waals surface area contributed by atoms with Crippen LogP contribution in [0.4, 0.5) is 0 Å². The Labute approximate surface area is 92.6 Å². The summed E-state index contributed by atoms with van der Waals surface area (Å²) in [7, 11) is 0. The summed E-state index contributed by atoms with van der Waals surface area (Å²) in [5, 5.41) is 0. The van der Waals surface area contributed by atoms with E-state index in [1.165, 1.54) is 11.1 Å². The molecule has 0 bridgehead atoms. The van der Waals surface area contributed by atoms with E-state index in [9.17, 15) is 4.79 Å². The number of hydrogen-bond acceptors (Lipinski definition) is 1. The van der Waals surface area contributed by atoms with E-state index in [0.29, 0.717) is 6.42 Å². The Hall–Kier alpha value is -0.830. The molecule has 0 heterocycles. The van der Waals surface area contributed by atoms with Crippen LogP contribution in [0.25, 0.3) is 0 Å². The number of nitrogens with two attached hydrogens (primary N) is 1. The van der Waals surface area contributed by atoms with Crippen LogP contribution in [-0.2, 0) is 11.2 Å². The summed E-state index contributed by atoms with van der Waals surface area (Å²) in [6.45, 7) is 4.13. The molecule has 14 heavy (non-hydrogen) atoms. The Morgan fingerprint density at radius 2 is 2.07 bits per heavy atom. The van der Waals surface area contributed by atoms with E-state index < -0.39 is 0 Å². The van der Waals surface area contributed by atoms with Gasteiger partial charge in [0.2, 0.25) is 5.91 Å². The molecule has 1 rings (SSSR count). The summed E-state index contributed by atoms with van der Waals surface area (Å²) < 4.78 is 0. The van der Waals surface area contributed by atoms with Gasteiger partial charge in [0.15, 0.2) is 0 Å². The number of hydrogen-bond donors (Lipinski definition) is 1. The Kier molecular flexibility index (Phi) is 3.69. The molecule has 1 aromatic carbocycles. The summed E-state index contributed by atoms with van der Waals surface area (Å²) in [5.74, 6) is -0.316. The topological polar surface area (TPSA) is 43.1 Å². The molecule has 0 aliphatic carbocycles. The van der Waals surface area contributed by atoms with E-state index in [1.807, 2.05) is 6.07 Å². The van der Waals surface area contributed by atoms with Crippen molar-refractivity contribution in [2.45, 2.75) is 25.1 Å². The maximum Gasteiger partial charge on any atom is 0.231 e. The molecule has 76 valence electrons. The predicted molar refractivity (Wildman–Crippen MR) is 61.5 cm³/mol. The van der Waals surface area contributed by atoms with Gasteiger partial charge < -0.3 is 5.73 Å². The minimum absolute atomic E-state index is 0.274. The molecule has 0 aliphatic rings. The van der Waals surface area contributed by atoms with Gasteiger partial charge in [0, 0.05) is 0 Å². The minimum Gasteiger partial charge on any atom is -0.369 e. The fourth-order valence-electron chi connectivity index (χ4n) is 1.24. The van der Waals surface area contributed by atoms with E-state index >= 15 is 0 Å². The molecular formula is C11H14BrNO. The Balaban J connectivity index is 2.78. The minimum atomic E-state index is -0.316. The monoisotopic (exact) mass is 255 g/mol. The van der Waals surface area contributed by atoms with Crippen molar-refractivity contribution in [2.75, 3.05) is 0 Å². The number of amides is 1. The van der Waals surface area contributed by atoms with Gasteiger partial charge in [-0.3, -0.25) is 4.79 Å². The Bertz CT molecular complexity index is 349. The van der Waals surface area contributed by atoms with Crippen LogP contribution in [0.2, 0.25) is 0 Å². The molecule has 2 N–H and O–H groups in total. The standard InChI is InChI=1S/C11H14BrNO/c1-7-3-4-9(5-8(7)2)6-10(12)11(13)14/h3-5,10H,6H2,1-2H3,(H2,13,14). The molecule has 1 atom stereocenters. The molecule has 0 radical (unpaired) electrons. The lowest BCUT2D eigenvalue weighted by atomic mass is 10.0. The van der Waals surface area contributed by atoms with Gasteiger partial charge in [0.05, 0.1) is 4.83 Å². The number of carbonyl (C=O) groups excluding carboxylic acids is 1. The first-order valence-electron chi connectivity index (χ1n) is 4.50. The molecule has 0 aliphatic heterocycles. The summed E-state index contributed by atoms with van der Waals surface area (Å²) >= 11 is 3.25. The third-order valence-electron chi connectivity index (χ3n) is 2.29. The van der Waals surface area contributed by atoms with Crippen LogP contribution in [-0.4, -0.2) is 10.7 Å². The molecule has 0 saturated carbocycles. The van der Waals surface area contributed by atoms with Gasteiger partial charge in [-0.15, -0.1) is 0 Å². The summed E-state index contributed by atoms with van der Waals surface area (Å²) in [6.07, 6.45) is 0.649. The summed E-state index contributed by atoms with van der Waals surface area (Å²) in [4.78, 5) is 10.6. The molecule has 3 heteroatoms. The predicted octanol–water partition coefficient (Wildman–Crippen LogP) is 2.09. The quantitative estimate of drug-likeness (QED) is 0.827. The van der Waals surface area contributed by atoms with Crippen LogP contribution in [0.1, 0.15) is 16.7 Å².